The molecule has 2 aromatic carbocycles. The Morgan fingerprint density at radius 3 is 3.00 bits per heavy atom. The van der Waals surface area contributed by atoms with Crippen molar-refractivity contribution in [3.63, 3.8) is 0 Å². The fourth-order valence-electron chi connectivity index (χ4n) is 2.26. The Kier molecular flexibility index (Phi) is 2.47. The van der Waals surface area contributed by atoms with Crippen molar-refractivity contribution in [2.75, 3.05) is 0 Å². The number of fused-ring (bicyclic) bond motifs is 2. The fourth-order valence-corrected chi connectivity index (χ4v) is 2.26. The van der Waals surface area contributed by atoms with E-state index < -0.39 is 5.97 Å². The monoisotopic (exact) mass is 278 g/mol. The molecule has 0 fully saturated rings. The minimum Gasteiger partial charge on any atom is -0.420 e. The summed E-state index contributed by atoms with van der Waals surface area (Å²) >= 11 is 0. The Morgan fingerprint density at radius 1 is 1.10 bits per heavy atom. The van der Waals surface area contributed by atoms with Gasteiger partial charge in [0, 0.05) is 11.7 Å². The van der Waals surface area contributed by atoms with E-state index in [0.717, 1.165) is 10.9 Å². The standard InChI is InChI=1S/C15H10N4O2/c20-15(10-5-4-9-6-7-16-12(9)8-10)21-13-3-1-2-11-14(13)18-19-17-11/h1-8,16H,(H,17,18,19). The zero-order valence-corrected chi connectivity index (χ0v) is 10.8. The molecule has 0 amide bonds. The van der Waals surface area contributed by atoms with E-state index >= 15 is 0 Å². The van der Waals surface area contributed by atoms with Crippen LogP contribution in [0, 0.1) is 0 Å². The summed E-state index contributed by atoms with van der Waals surface area (Å²) in [6.07, 6.45) is 1.83. The van der Waals surface area contributed by atoms with Crippen molar-refractivity contribution in [1.29, 1.82) is 0 Å². The van der Waals surface area contributed by atoms with Crippen LogP contribution in [0.25, 0.3) is 21.9 Å². The van der Waals surface area contributed by atoms with Crippen LogP contribution < -0.4 is 4.74 Å². The van der Waals surface area contributed by atoms with Gasteiger partial charge < -0.3 is 9.72 Å². The molecule has 0 spiro atoms. The molecule has 6 heteroatoms. The maximum atomic E-state index is 12.3. The summed E-state index contributed by atoms with van der Waals surface area (Å²) in [4.78, 5) is 15.3. The highest BCUT2D eigenvalue weighted by molar-refractivity contribution is 5.97. The van der Waals surface area contributed by atoms with E-state index in [9.17, 15) is 4.79 Å². The normalized spacial score (nSPS) is 11.0. The minimum atomic E-state index is -0.429. The van der Waals surface area contributed by atoms with Crippen molar-refractivity contribution in [2.24, 2.45) is 0 Å². The van der Waals surface area contributed by atoms with Crippen LogP contribution in [0.5, 0.6) is 5.75 Å². The van der Waals surface area contributed by atoms with Crippen LogP contribution >= 0.6 is 0 Å². The Balaban J connectivity index is 1.70. The number of nitrogens with zero attached hydrogens (tertiary/aromatic N) is 2. The molecule has 0 aliphatic carbocycles. The van der Waals surface area contributed by atoms with Gasteiger partial charge in [0.2, 0.25) is 0 Å². The van der Waals surface area contributed by atoms with Crippen molar-refractivity contribution < 1.29 is 9.53 Å². The molecule has 0 bridgehead atoms. The van der Waals surface area contributed by atoms with Gasteiger partial charge in [0.25, 0.3) is 0 Å². The molecule has 0 saturated heterocycles. The van der Waals surface area contributed by atoms with Gasteiger partial charge >= 0.3 is 5.97 Å². The molecule has 2 aromatic heterocycles. The molecule has 4 rings (SSSR count). The van der Waals surface area contributed by atoms with Gasteiger partial charge in [-0.1, -0.05) is 12.1 Å². The van der Waals surface area contributed by atoms with Crippen LogP contribution in [0.15, 0.2) is 48.7 Å². The second-order valence-corrected chi connectivity index (χ2v) is 4.62. The van der Waals surface area contributed by atoms with E-state index in [4.69, 9.17) is 4.74 Å². The molecular formula is C15H10N4O2. The number of hydrogen-bond acceptors (Lipinski definition) is 4. The van der Waals surface area contributed by atoms with Crippen LogP contribution in [0.1, 0.15) is 10.4 Å². The Morgan fingerprint density at radius 2 is 2.05 bits per heavy atom. The first-order valence-corrected chi connectivity index (χ1v) is 6.40. The number of H-pyrrole nitrogens is 2. The van der Waals surface area contributed by atoms with Crippen molar-refractivity contribution in [3.8, 4) is 5.75 Å². The average molecular weight is 278 g/mol. The SMILES string of the molecule is O=C(Oc1cccc2n[nH]nc12)c1ccc2cc[nH]c2c1. The molecule has 102 valence electrons. The topological polar surface area (TPSA) is 83.7 Å². The predicted octanol–water partition coefficient (Wildman–Crippen LogP) is 2.66. The minimum absolute atomic E-state index is 0.387. The number of carbonyl (C=O) groups excluding carboxylic acids is 1. The van der Waals surface area contributed by atoms with Crippen LogP contribution in [0.2, 0.25) is 0 Å². The van der Waals surface area contributed by atoms with E-state index in [1.165, 1.54) is 0 Å². The van der Waals surface area contributed by atoms with Crippen LogP contribution in [0.3, 0.4) is 0 Å². The van der Waals surface area contributed by atoms with Gasteiger partial charge in [0.1, 0.15) is 5.52 Å². The van der Waals surface area contributed by atoms with Gasteiger partial charge in [-0.05, 0) is 35.7 Å². The van der Waals surface area contributed by atoms with Gasteiger partial charge in [0.15, 0.2) is 11.3 Å². The molecule has 2 N–H and O–H groups in total. The Labute approximate surface area is 118 Å². The number of para-hydroxylation sites is 1. The van der Waals surface area contributed by atoms with Crippen LogP contribution in [-0.4, -0.2) is 26.4 Å². The van der Waals surface area contributed by atoms with Gasteiger partial charge in [-0.15, -0.1) is 0 Å². The largest absolute Gasteiger partial charge is 0.420 e. The molecule has 0 aliphatic heterocycles. The number of nitrogens with one attached hydrogen (secondary N) is 2. The summed E-state index contributed by atoms with van der Waals surface area (Å²) < 4.78 is 5.42. The lowest BCUT2D eigenvalue weighted by Crippen LogP contribution is -2.08. The average Bonchev–Trinajstić information content (AvgIpc) is 3.15. The maximum absolute atomic E-state index is 12.3. The molecule has 2 heterocycles. The first-order chi connectivity index (χ1) is 10.3. The summed E-state index contributed by atoms with van der Waals surface area (Å²) in [5.41, 5.74) is 2.56. The number of aromatic amines is 2. The van der Waals surface area contributed by atoms with Crippen molar-refractivity contribution in [2.45, 2.75) is 0 Å². The lowest BCUT2D eigenvalue weighted by Gasteiger charge is -2.04. The van der Waals surface area contributed by atoms with E-state index in [1.54, 1.807) is 30.3 Å². The number of aromatic nitrogens is 4. The number of ether oxygens (including phenoxy) is 1. The Bertz CT molecular complexity index is 954. The highest BCUT2D eigenvalue weighted by Gasteiger charge is 2.13. The fraction of sp³-hybridized carbons (Fsp3) is 0. The van der Waals surface area contributed by atoms with Crippen molar-refractivity contribution >= 4 is 27.9 Å². The predicted molar refractivity (Wildman–Crippen MR) is 77.1 cm³/mol. The zero-order chi connectivity index (χ0) is 14.2. The molecule has 21 heavy (non-hydrogen) atoms. The highest BCUT2D eigenvalue weighted by Crippen LogP contribution is 2.23. The third-order valence-electron chi connectivity index (χ3n) is 3.30. The smallest absolute Gasteiger partial charge is 0.343 e. The first kappa shape index (κ1) is 11.7. The number of rotatable bonds is 2. The number of carbonyl (C=O) groups is 1. The van der Waals surface area contributed by atoms with E-state index in [0.29, 0.717) is 22.3 Å². The van der Waals surface area contributed by atoms with Crippen LogP contribution in [-0.2, 0) is 0 Å². The van der Waals surface area contributed by atoms with E-state index in [-0.39, 0.29) is 0 Å². The van der Waals surface area contributed by atoms with Gasteiger partial charge in [-0.25, -0.2) is 4.79 Å². The summed E-state index contributed by atoms with van der Waals surface area (Å²) in [5.74, 6) is -0.0418. The summed E-state index contributed by atoms with van der Waals surface area (Å²) in [6.45, 7) is 0. The Hall–Kier alpha value is -3.15. The van der Waals surface area contributed by atoms with Crippen molar-refractivity contribution in [3.05, 3.63) is 54.2 Å². The quantitative estimate of drug-likeness (QED) is 0.436. The molecule has 6 nitrogen and oxygen atoms in total. The third kappa shape index (κ3) is 1.93. The van der Waals surface area contributed by atoms with E-state index in [1.807, 2.05) is 18.3 Å². The van der Waals surface area contributed by atoms with Crippen LogP contribution in [0.4, 0.5) is 0 Å². The molecule has 0 saturated carbocycles. The summed E-state index contributed by atoms with van der Waals surface area (Å²) in [5, 5.41) is 11.5. The van der Waals surface area contributed by atoms with Gasteiger partial charge in [0.05, 0.1) is 5.56 Å². The second-order valence-electron chi connectivity index (χ2n) is 4.62. The van der Waals surface area contributed by atoms with E-state index in [2.05, 4.69) is 20.4 Å². The number of esters is 1. The maximum Gasteiger partial charge on any atom is 0.343 e. The third-order valence-corrected chi connectivity index (χ3v) is 3.30. The number of benzene rings is 2. The lowest BCUT2D eigenvalue weighted by molar-refractivity contribution is 0.0737. The molecule has 0 aliphatic rings. The highest BCUT2D eigenvalue weighted by atomic mass is 16.5. The molecule has 4 aromatic rings. The second kappa shape index (κ2) is 4.45. The summed E-state index contributed by atoms with van der Waals surface area (Å²) in [7, 11) is 0. The lowest BCUT2D eigenvalue weighted by atomic mass is 10.1. The van der Waals surface area contributed by atoms with Gasteiger partial charge in [-0.2, -0.15) is 15.4 Å². The first-order valence-electron chi connectivity index (χ1n) is 6.40. The van der Waals surface area contributed by atoms with Gasteiger partial charge in [-0.3, -0.25) is 0 Å². The summed E-state index contributed by atoms with van der Waals surface area (Å²) in [6, 6.07) is 12.6. The molecule has 0 atom stereocenters. The molecule has 0 radical (unpaired) electrons. The molecule has 0 unspecified atom stereocenters. The number of hydrogen-bond donors (Lipinski definition) is 2. The van der Waals surface area contributed by atoms with Crippen molar-refractivity contribution in [1.82, 2.24) is 20.4 Å². The molecular weight excluding hydrogens is 268 g/mol. The zero-order valence-electron chi connectivity index (χ0n) is 10.8.